The number of hydrazone groups is 1. The summed E-state index contributed by atoms with van der Waals surface area (Å²) in [6.45, 7) is 1.02. The number of rotatable bonds is 8. The van der Waals surface area contributed by atoms with Crippen LogP contribution in [0, 0.1) is 11.8 Å². The van der Waals surface area contributed by atoms with E-state index in [4.69, 9.17) is 26.0 Å². The average molecular weight is 562 g/mol. The van der Waals surface area contributed by atoms with E-state index in [1.54, 1.807) is 48.4 Å². The first kappa shape index (κ1) is 28.6. The van der Waals surface area contributed by atoms with Crippen LogP contribution in [0.1, 0.15) is 60.0 Å². The molecule has 0 unspecified atom stereocenters. The predicted molar refractivity (Wildman–Crippen MR) is 155 cm³/mol. The van der Waals surface area contributed by atoms with E-state index in [9.17, 15) is 14.4 Å². The lowest BCUT2D eigenvalue weighted by atomic mass is 9.73. The Kier molecular flexibility index (Phi) is 8.58. The Bertz CT molecular complexity index is 1320. The molecule has 2 aromatic rings. The van der Waals surface area contributed by atoms with Gasteiger partial charge in [0.1, 0.15) is 0 Å². The van der Waals surface area contributed by atoms with Crippen molar-refractivity contribution in [2.45, 2.75) is 57.0 Å². The maximum absolute atomic E-state index is 13.7. The van der Waals surface area contributed by atoms with Gasteiger partial charge in [0, 0.05) is 36.1 Å². The first-order chi connectivity index (χ1) is 19.8. The third kappa shape index (κ3) is 5.93. The van der Waals surface area contributed by atoms with Gasteiger partial charge in [-0.05, 0) is 68.0 Å². The van der Waals surface area contributed by atoms with Crippen LogP contribution >= 0.6 is 0 Å². The molecule has 3 atom stereocenters. The Balaban J connectivity index is 1.28. The molecule has 10 nitrogen and oxygen atoms in total. The molecule has 218 valence electrons. The maximum atomic E-state index is 13.7. The van der Waals surface area contributed by atoms with Crippen molar-refractivity contribution in [3.8, 4) is 11.5 Å². The number of piperidine rings is 1. The van der Waals surface area contributed by atoms with E-state index < -0.39 is 11.9 Å². The first-order valence-electron chi connectivity index (χ1n) is 14.4. The molecular weight excluding hydrogens is 522 g/mol. The minimum absolute atomic E-state index is 0.0814. The highest BCUT2D eigenvalue weighted by atomic mass is 16.5. The number of carbonyl (C=O) groups excluding carboxylic acids is 3. The number of methoxy groups -OCH3 is 2. The maximum Gasteiger partial charge on any atom is 0.248 e. The topological polar surface area (TPSA) is 141 Å². The van der Waals surface area contributed by atoms with Gasteiger partial charge in [-0.3, -0.25) is 14.4 Å². The number of primary amides is 1. The van der Waals surface area contributed by atoms with E-state index in [0.717, 1.165) is 42.5 Å². The Morgan fingerprint density at radius 1 is 0.951 bits per heavy atom. The van der Waals surface area contributed by atoms with Crippen LogP contribution in [-0.4, -0.2) is 72.7 Å². The van der Waals surface area contributed by atoms with E-state index in [0.29, 0.717) is 49.4 Å². The standard InChI is InChI=1S/C31H39N5O5/c1-40-26-12-11-21(18-27(26)41-2)28-23-5-3-4-6-24(23)30(38)36(34-28)22-13-15-35(16-14-22)31(39)25(32)17-19-7-9-20(10-8-19)29(33)37/h7-12,18,22-25H,3-6,13-17,32H2,1-2H3,(H2,33,37)/t23-,24+,25+/m0/s1. The highest BCUT2D eigenvalue weighted by Gasteiger charge is 2.44. The summed E-state index contributed by atoms with van der Waals surface area (Å²) in [6, 6.07) is 11.9. The van der Waals surface area contributed by atoms with Crippen LogP contribution in [0.2, 0.25) is 0 Å². The molecule has 2 aromatic carbocycles. The molecule has 0 radical (unpaired) electrons. The van der Waals surface area contributed by atoms with E-state index in [1.165, 1.54) is 0 Å². The lowest BCUT2D eigenvalue weighted by molar-refractivity contribution is -0.143. The number of carbonyl (C=O) groups is 3. The molecule has 1 saturated carbocycles. The Morgan fingerprint density at radius 2 is 1.61 bits per heavy atom. The molecule has 2 aliphatic heterocycles. The molecule has 2 fully saturated rings. The number of ether oxygens (including phenoxy) is 2. The van der Waals surface area contributed by atoms with Crippen molar-refractivity contribution in [2.75, 3.05) is 27.3 Å². The number of amides is 3. The highest BCUT2D eigenvalue weighted by molar-refractivity contribution is 6.07. The molecule has 0 aromatic heterocycles. The van der Waals surface area contributed by atoms with Crippen molar-refractivity contribution in [3.63, 3.8) is 0 Å². The van der Waals surface area contributed by atoms with E-state index in [-0.39, 0.29) is 29.7 Å². The molecule has 3 amide bonds. The van der Waals surface area contributed by atoms with Crippen LogP contribution in [0.4, 0.5) is 0 Å². The molecule has 5 rings (SSSR count). The van der Waals surface area contributed by atoms with Gasteiger partial charge in [-0.25, -0.2) is 5.01 Å². The van der Waals surface area contributed by atoms with Gasteiger partial charge in [0.15, 0.2) is 11.5 Å². The van der Waals surface area contributed by atoms with E-state index in [2.05, 4.69) is 0 Å². The minimum atomic E-state index is -0.694. The molecule has 0 spiro atoms. The van der Waals surface area contributed by atoms with Gasteiger partial charge in [0.25, 0.3) is 0 Å². The third-order valence-electron chi connectivity index (χ3n) is 8.69. The second kappa shape index (κ2) is 12.3. The van der Waals surface area contributed by atoms with E-state index in [1.807, 2.05) is 18.2 Å². The fraction of sp³-hybridized carbons (Fsp3) is 0.484. The third-order valence-corrected chi connectivity index (χ3v) is 8.69. The number of nitrogens with two attached hydrogens (primary N) is 2. The van der Waals surface area contributed by atoms with Crippen molar-refractivity contribution >= 4 is 23.4 Å². The van der Waals surface area contributed by atoms with Crippen molar-refractivity contribution in [3.05, 3.63) is 59.2 Å². The SMILES string of the molecule is COc1ccc(C2=NN(C3CCN(C(=O)[C@H](N)Cc4ccc(C(N)=O)cc4)CC3)C(=O)[C@@H]3CCCC[C@H]23)cc1OC. The summed E-state index contributed by atoms with van der Waals surface area (Å²) in [5, 5.41) is 6.70. The van der Waals surface area contributed by atoms with Crippen LogP contribution in [0.15, 0.2) is 47.6 Å². The average Bonchev–Trinajstić information content (AvgIpc) is 3.01. The lowest BCUT2D eigenvalue weighted by Gasteiger charge is -2.43. The summed E-state index contributed by atoms with van der Waals surface area (Å²) in [5.74, 6) is 0.773. The Hall–Kier alpha value is -3.92. The molecule has 3 aliphatic rings. The zero-order valence-corrected chi connectivity index (χ0v) is 23.8. The number of nitrogens with zero attached hydrogens (tertiary/aromatic N) is 3. The van der Waals surface area contributed by atoms with Gasteiger partial charge >= 0.3 is 0 Å². The molecule has 41 heavy (non-hydrogen) atoms. The van der Waals surface area contributed by atoms with Gasteiger partial charge < -0.3 is 25.8 Å². The summed E-state index contributed by atoms with van der Waals surface area (Å²) in [5.41, 5.74) is 14.8. The van der Waals surface area contributed by atoms with Gasteiger partial charge in [-0.2, -0.15) is 5.10 Å². The van der Waals surface area contributed by atoms with Crippen LogP contribution in [0.3, 0.4) is 0 Å². The van der Waals surface area contributed by atoms with Crippen LogP contribution in [-0.2, 0) is 16.0 Å². The van der Waals surface area contributed by atoms with Crippen molar-refractivity contribution in [1.29, 1.82) is 0 Å². The Labute approximate surface area is 240 Å². The van der Waals surface area contributed by atoms with Gasteiger partial charge in [0.2, 0.25) is 17.7 Å². The monoisotopic (exact) mass is 561 g/mol. The number of benzene rings is 2. The minimum Gasteiger partial charge on any atom is -0.493 e. The van der Waals surface area contributed by atoms with Gasteiger partial charge in [-0.15, -0.1) is 0 Å². The second-order valence-corrected chi connectivity index (χ2v) is 11.2. The number of hydrogen-bond acceptors (Lipinski definition) is 7. The molecule has 2 heterocycles. The summed E-state index contributed by atoms with van der Waals surface area (Å²) in [4.78, 5) is 40.0. The van der Waals surface area contributed by atoms with Crippen LogP contribution in [0.25, 0.3) is 0 Å². The molecule has 1 saturated heterocycles. The molecule has 1 aliphatic carbocycles. The molecular formula is C31H39N5O5. The number of fused-ring (bicyclic) bond motifs is 1. The number of hydrogen-bond donors (Lipinski definition) is 2. The lowest BCUT2D eigenvalue weighted by Crippen LogP contribution is -2.54. The highest BCUT2D eigenvalue weighted by Crippen LogP contribution is 2.40. The smallest absolute Gasteiger partial charge is 0.248 e. The fourth-order valence-corrected chi connectivity index (χ4v) is 6.40. The van der Waals surface area contributed by atoms with Crippen molar-refractivity contribution in [1.82, 2.24) is 9.91 Å². The predicted octanol–water partition coefficient (Wildman–Crippen LogP) is 2.72. The zero-order chi connectivity index (χ0) is 29.1. The van der Waals surface area contributed by atoms with Crippen molar-refractivity contribution < 1.29 is 23.9 Å². The summed E-state index contributed by atoms with van der Waals surface area (Å²) < 4.78 is 11.0. The quantitative estimate of drug-likeness (QED) is 0.508. The molecule has 0 bridgehead atoms. The second-order valence-electron chi connectivity index (χ2n) is 11.2. The first-order valence-corrected chi connectivity index (χ1v) is 14.4. The summed E-state index contributed by atoms with van der Waals surface area (Å²) >= 11 is 0. The normalized spacial score (nSPS) is 22.0. The van der Waals surface area contributed by atoms with E-state index >= 15 is 0 Å². The molecule has 10 heteroatoms. The largest absolute Gasteiger partial charge is 0.493 e. The molecule has 4 N–H and O–H groups in total. The van der Waals surface area contributed by atoms with Crippen molar-refractivity contribution in [2.24, 2.45) is 28.4 Å². The summed E-state index contributed by atoms with van der Waals surface area (Å²) in [7, 11) is 3.23. The fourth-order valence-electron chi connectivity index (χ4n) is 6.40. The zero-order valence-electron chi connectivity index (χ0n) is 23.8. The Morgan fingerprint density at radius 3 is 2.24 bits per heavy atom. The van der Waals surface area contributed by atoms with Crippen LogP contribution in [0.5, 0.6) is 11.5 Å². The van der Waals surface area contributed by atoms with Crippen LogP contribution < -0.4 is 20.9 Å². The van der Waals surface area contributed by atoms with Gasteiger partial charge in [0.05, 0.1) is 32.0 Å². The van der Waals surface area contributed by atoms with Gasteiger partial charge in [-0.1, -0.05) is 25.0 Å². The number of likely N-dealkylation sites (tertiary alicyclic amines) is 1. The summed E-state index contributed by atoms with van der Waals surface area (Å²) in [6.07, 6.45) is 5.55.